The van der Waals surface area contributed by atoms with Crippen LogP contribution in [0.2, 0.25) is 0 Å². The van der Waals surface area contributed by atoms with Crippen molar-refractivity contribution in [1.29, 1.82) is 0 Å². The molecular formula is C22H21NO3. The van der Waals surface area contributed by atoms with Crippen LogP contribution in [0.4, 0.5) is 5.69 Å². The van der Waals surface area contributed by atoms with Crippen molar-refractivity contribution in [2.75, 3.05) is 12.4 Å². The molecule has 1 N–H and O–H groups in total. The van der Waals surface area contributed by atoms with E-state index in [9.17, 15) is 9.59 Å². The van der Waals surface area contributed by atoms with Gasteiger partial charge in [0, 0.05) is 6.54 Å². The van der Waals surface area contributed by atoms with E-state index in [0.717, 1.165) is 29.7 Å². The molecule has 0 bridgehead atoms. The molecule has 0 radical (unpaired) electrons. The number of benzene rings is 2. The summed E-state index contributed by atoms with van der Waals surface area (Å²) < 4.78 is 5.22. The molecule has 4 nitrogen and oxygen atoms in total. The summed E-state index contributed by atoms with van der Waals surface area (Å²) in [6.45, 7) is 0.472. The Balaban J connectivity index is 1.60. The number of ether oxygens (including phenoxy) is 1. The van der Waals surface area contributed by atoms with E-state index in [-0.39, 0.29) is 0 Å². The second kappa shape index (κ2) is 6.79. The Morgan fingerprint density at radius 2 is 1.77 bits per heavy atom. The summed E-state index contributed by atoms with van der Waals surface area (Å²) in [4.78, 5) is 24.3. The van der Waals surface area contributed by atoms with Gasteiger partial charge in [-0.15, -0.1) is 0 Å². The van der Waals surface area contributed by atoms with E-state index in [0.29, 0.717) is 17.8 Å². The van der Waals surface area contributed by atoms with Crippen molar-refractivity contribution in [3.05, 3.63) is 79.6 Å². The molecule has 0 heterocycles. The fourth-order valence-electron chi connectivity index (χ4n) is 3.70. The largest absolute Gasteiger partial charge is 0.497 e. The fourth-order valence-corrected chi connectivity index (χ4v) is 3.70. The molecule has 0 unspecified atom stereocenters. The first kappa shape index (κ1) is 16.6. The highest BCUT2D eigenvalue weighted by Crippen LogP contribution is 2.29. The summed E-state index contributed by atoms with van der Waals surface area (Å²) in [5.41, 5.74) is 4.64. The van der Waals surface area contributed by atoms with Crippen molar-refractivity contribution in [2.45, 2.75) is 32.2 Å². The highest BCUT2D eigenvalue weighted by atomic mass is 16.5. The van der Waals surface area contributed by atoms with Gasteiger partial charge >= 0.3 is 0 Å². The molecule has 26 heavy (non-hydrogen) atoms. The molecule has 4 rings (SSSR count). The zero-order chi connectivity index (χ0) is 18.1. The molecule has 0 amide bonds. The first-order valence-corrected chi connectivity index (χ1v) is 8.99. The van der Waals surface area contributed by atoms with Crippen molar-refractivity contribution in [1.82, 2.24) is 0 Å². The van der Waals surface area contributed by atoms with Crippen LogP contribution in [0.5, 0.6) is 5.75 Å². The lowest BCUT2D eigenvalue weighted by Gasteiger charge is -2.18. The molecule has 0 spiro atoms. The van der Waals surface area contributed by atoms with Gasteiger partial charge in [0.2, 0.25) is 10.9 Å². The van der Waals surface area contributed by atoms with Gasteiger partial charge in [-0.2, -0.15) is 0 Å². The van der Waals surface area contributed by atoms with Gasteiger partial charge in [-0.1, -0.05) is 30.3 Å². The Hall–Kier alpha value is -2.88. The molecule has 3 aromatic carbocycles. The van der Waals surface area contributed by atoms with Crippen LogP contribution in [0.15, 0.2) is 52.1 Å². The molecule has 0 saturated carbocycles. The van der Waals surface area contributed by atoms with Gasteiger partial charge in [0.1, 0.15) is 5.75 Å². The van der Waals surface area contributed by atoms with Crippen LogP contribution in [0, 0.1) is 0 Å². The monoisotopic (exact) mass is 347 g/mol. The lowest BCUT2D eigenvalue weighted by atomic mass is 9.88. The second-order valence-electron chi connectivity index (χ2n) is 6.80. The van der Waals surface area contributed by atoms with Gasteiger partial charge in [-0.05, 0) is 60.1 Å². The Bertz CT molecular complexity index is 1030. The van der Waals surface area contributed by atoms with E-state index in [1.165, 1.54) is 24.0 Å². The van der Waals surface area contributed by atoms with Crippen molar-refractivity contribution in [2.24, 2.45) is 0 Å². The van der Waals surface area contributed by atoms with Crippen LogP contribution in [0.3, 0.4) is 0 Å². The quantitative estimate of drug-likeness (QED) is 0.718. The lowest BCUT2D eigenvalue weighted by molar-refractivity contribution is 0.414. The summed E-state index contributed by atoms with van der Waals surface area (Å²) >= 11 is 0. The zero-order valence-electron chi connectivity index (χ0n) is 14.8. The molecule has 1 aliphatic rings. The first-order valence-electron chi connectivity index (χ1n) is 8.99. The maximum atomic E-state index is 12.2. The third-order valence-electron chi connectivity index (χ3n) is 5.15. The minimum absolute atomic E-state index is 0.395. The lowest BCUT2D eigenvalue weighted by Crippen LogP contribution is -2.36. The molecule has 1 aliphatic carbocycles. The van der Waals surface area contributed by atoms with Crippen LogP contribution in [0.25, 0.3) is 11.1 Å². The number of rotatable bonds is 5. The third-order valence-corrected chi connectivity index (χ3v) is 5.15. The van der Waals surface area contributed by atoms with Gasteiger partial charge < -0.3 is 10.1 Å². The van der Waals surface area contributed by atoms with E-state index in [2.05, 4.69) is 17.4 Å². The summed E-state index contributed by atoms with van der Waals surface area (Å²) in [7, 11) is 1.62. The maximum Gasteiger partial charge on any atom is 0.250 e. The fraction of sp³-hybridized carbons (Fsp3) is 0.273. The maximum absolute atomic E-state index is 12.2. The highest BCUT2D eigenvalue weighted by Gasteiger charge is 2.23. The van der Waals surface area contributed by atoms with Crippen molar-refractivity contribution in [3.63, 3.8) is 0 Å². The zero-order valence-corrected chi connectivity index (χ0v) is 14.8. The average Bonchev–Trinajstić information content (AvgIpc) is 2.70. The molecule has 0 atom stereocenters. The molecular weight excluding hydrogens is 326 g/mol. The van der Waals surface area contributed by atoms with Crippen molar-refractivity contribution in [3.8, 4) is 16.9 Å². The predicted octanol–water partition coefficient (Wildman–Crippen LogP) is 3.45. The van der Waals surface area contributed by atoms with E-state index >= 15 is 0 Å². The molecule has 0 aliphatic heterocycles. The molecule has 4 heteroatoms. The van der Waals surface area contributed by atoms with Gasteiger partial charge in [0.25, 0.3) is 0 Å². The van der Waals surface area contributed by atoms with Crippen LogP contribution in [-0.2, 0) is 19.4 Å². The number of nitrogens with one attached hydrogen (secondary N) is 1. The van der Waals surface area contributed by atoms with E-state index < -0.39 is 10.9 Å². The van der Waals surface area contributed by atoms with Crippen LogP contribution in [0.1, 0.15) is 29.5 Å². The standard InChI is InChI=1S/C22H21NO3/c1-26-18-8-4-5-14(11-18)13-23-20-19(21(24)22(20)25)17-10-9-15-6-2-3-7-16(15)12-17/h4-5,8-12,23H,2-3,6-7,13H2,1H3. The van der Waals surface area contributed by atoms with Gasteiger partial charge in [-0.3, -0.25) is 9.59 Å². The van der Waals surface area contributed by atoms with Gasteiger partial charge in [0.05, 0.1) is 18.4 Å². The number of hydrogen-bond donors (Lipinski definition) is 1. The molecule has 0 fully saturated rings. The predicted molar refractivity (Wildman–Crippen MR) is 104 cm³/mol. The van der Waals surface area contributed by atoms with Crippen LogP contribution < -0.4 is 20.9 Å². The number of anilines is 1. The molecule has 0 saturated heterocycles. The average molecular weight is 347 g/mol. The third kappa shape index (κ3) is 2.92. The van der Waals surface area contributed by atoms with Crippen LogP contribution in [-0.4, -0.2) is 7.11 Å². The Morgan fingerprint density at radius 3 is 2.58 bits per heavy atom. The Morgan fingerprint density at radius 1 is 0.962 bits per heavy atom. The second-order valence-corrected chi connectivity index (χ2v) is 6.80. The minimum Gasteiger partial charge on any atom is -0.497 e. The highest BCUT2D eigenvalue weighted by molar-refractivity contribution is 5.82. The molecule has 0 aromatic heterocycles. The Labute approximate surface area is 152 Å². The van der Waals surface area contributed by atoms with Crippen molar-refractivity contribution >= 4 is 5.69 Å². The summed E-state index contributed by atoms with van der Waals surface area (Å²) in [6, 6.07) is 13.8. The molecule has 132 valence electrons. The van der Waals surface area contributed by atoms with Gasteiger partial charge in [0.15, 0.2) is 0 Å². The van der Waals surface area contributed by atoms with Crippen molar-refractivity contribution < 1.29 is 4.74 Å². The van der Waals surface area contributed by atoms with E-state index in [1.54, 1.807) is 7.11 Å². The van der Waals surface area contributed by atoms with Gasteiger partial charge in [-0.25, -0.2) is 0 Å². The molecule has 3 aromatic rings. The number of fused-ring (bicyclic) bond motifs is 1. The number of aryl methyl sites for hydroxylation is 2. The Kier molecular flexibility index (Phi) is 4.33. The number of hydrogen-bond acceptors (Lipinski definition) is 4. The smallest absolute Gasteiger partial charge is 0.250 e. The summed E-state index contributed by atoms with van der Waals surface area (Å²) in [6.07, 6.45) is 4.55. The van der Waals surface area contributed by atoms with E-state index in [4.69, 9.17) is 4.74 Å². The van der Waals surface area contributed by atoms with E-state index in [1.807, 2.05) is 30.3 Å². The summed E-state index contributed by atoms with van der Waals surface area (Å²) in [5, 5.41) is 3.15. The topological polar surface area (TPSA) is 55.4 Å². The van der Waals surface area contributed by atoms with Crippen LogP contribution >= 0.6 is 0 Å². The normalized spacial score (nSPS) is 13.4. The SMILES string of the molecule is COc1cccc(CNc2c(-c3ccc4c(c3)CCCC4)c(=O)c2=O)c1. The summed E-state index contributed by atoms with van der Waals surface area (Å²) in [5.74, 6) is 0.768. The minimum atomic E-state index is -0.430. The first-order chi connectivity index (χ1) is 12.7. The number of methoxy groups -OCH3 is 1.